The highest BCUT2D eigenvalue weighted by molar-refractivity contribution is 5.96. The Labute approximate surface area is 93.5 Å². The van der Waals surface area contributed by atoms with E-state index in [0.29, 0.717) is 13.1 Å². The summed E-state index contributed by atoms with van der Waals surface area (Å²) in [4.78, 5) is 15.5. The van der Waals surface area contributed by atoms with E-state index in [2.05, 4.69) is 10.3 Å². The maximum Gasteiger partial charge on any atom is 0.251 e. The first kappa shape index (κ1) is 10.5. The lowest BCUT2D eigenvalue weighted by Gasteiger charge is -2.16. The van der Waals surface area contributed by atoms with Gasteiger partial charge in [0, 0.05) is 12.1 Å². The van der Waals surface area contributed by atoms with Crippen LogP contribution in [-0.2, 0) is 13.0 Å². The van der Waals surface area contributed by atoms with E-state index in [0.717, 1.165) is 23.1 Å². The average Bonchev–Trinajstić information content (AvgIpc) is 2.27. The van der Waals surface area contributed by atoms with Crippen LogP contribution in [0, 0.1) is 0 Å². The molecule has 5 nitrogen and oxygen atoms in total. The quantitative estimate of drug-likeness (QED) is 0.472. The molecule has 0 saturated carbocycles. The molecule has 1 aromatic carbocycles. The van der Waals surface area contributed by atoms with Crippen molar-refractivity contribution in [2.45, 2.75) is 13.0 Å². The molecular formula is C11H14N4O. The molecule has 1 amide bonds. The van der Waals surface area contributed by atoms with E-state index in [1.165, 1.54) is 0 Å². The normalized spacial score (nSPS) is 13.9. The zero-order valence-corrected chi connectivity index (χ0v) is 8.86. The SMILES string of the molecule is NC(N)=NCc1ccc2c(c1)C(=O)NCC2. The van der Waals surface area contributed by atoms with Gasteiger partial charge in [-0.05, 0) is 23.6 Å². The summed E-state index contributed by atoms with van der Waals surface area (Å²) >= 11 is 0. The third-order valence-corrected chi connectivity index (χ3v) is 2.54. The molecule has 0 aliphatic carbocycles. The van der Waals surface area contributed by atoms with Gasteiger partial charge in [-0.1, -0.05) is 12.1 Å². The zero-order valence-electron chi connectivity index (χ0n) is 8.86. The molecule has 0 unspecified atom stereocenters. The molecule has 5 N–H and O–H groups in total. The largest absolute Gasteiger partial charge is 0.370 e. The number of carbonyl (C=O) groups is 1. The number of nitrogens with zero attached hydrogens (tertiary/aromatic N) is 1. The molecular weight excluding hydrogens is 204 g/mol. The van der Waals surface area contributed by atoms with Crippen molar-refractivity contribution < 1.29 is 4.79 Å². The number of amides is 1. The van der Waals surface area contributed by atoms with Crippen LogP contribution in [0.1, 0.15) is 21.5 Å². The minimum Gasteiger partial charge on any atom is -0.370 e. The predicted octanol–water partition coefficient (Wildman–Crippen LogP) is -0.254. The Hall–Kier alpha value is -2.04. The summed E-state index contributed by atoms with van der Waals surface area (Å²) in [5.74, 6) is 0.0370. The van der Waals surface area contributed by atoms with E-state index in [9.17, 15) is 4.79 Å². The van der Waals surface area contributed by atoms with Crippen molar-refractivity contribution in [1.29, 1.82) is 0 Å². The van der Waals surface area contributed by atoms with Gasteiger partial charge in [0.15, 0.2) is 5.96 Å². The first-order valence-electron chi connectivity index (χ1n) is 5.12. The number of aliphatic imine (C=N–C) groups is 1. The minimum absolute atomic E-state index is 0.0206. The number of nitrogens with one attached hydrogen (secondary N) is 1. The third-order valence-electron chi connectivity index (χ3n) is 2.54. The minimum atomic E-state index is -0.0206. The predicted molar refractivity (Wildman–Crippen MR) is 62.0 cm³/mol. The van der Waals surface area contributed by atoms with E-state index in [1.54, 1.807) is 0 Å². The number of guanidine groups is 1. The van der Waals surface area contributed by atoms with E-state index >= 15 is 0 Å². The van der Waals surface area contributed by atoms with E-state index in [1.807, 2.05) is 18.2 Å². The molecule has 0 fully saturated rings. The Morgan fingerprint density at radius 2 is 2.25 bits per heavy atom. The van der Waals surface area contributed by atoms with Crippen molar-refractivity contribution in [2.75, 3.05) is 6.54 Å². The summed E-state index contributed by atoms with van der Waals surface area (Å²) in [6.45, 7) is 1.11. The summed E-state index contributed by atoms with van der Waals surface area (Å²) in [7, 11) is 0. The lowest BCUT2D eigenvalue weighted by atomic mass is 9.98. The monoisotopic (exact) mass is 218 g/mol. The molecule has 1 aromatic rings. The fourth-order valence-electron chi connectivity index (χ4n) is 1.74. The van der Waals surface area contributed by atoms with Gasteiger partial charge in [0.1, 0.15) is 0 Å². The lowest BCUT2D eigenvalue weighted by molar-refractivity contribution is 0.0946. The van der Waals surface area contributed by atoms with Gasteiger partial charge in [-0.3, -0.25) is 4.79 Å². The summed E-state index contributed by atoms with van der Waals surface area (Å²) < 4.78 is 0. The fourth-order valence-corrected chi connectivity index (χ4v) is 1.74. The summed E-state index contributed by atoms with van der Waals surface area (Å²) in [6, 6.07) is 5.76. The van der Waals surface area contributed by atoms with Crippen molar-refractivity contribution in [1.82, 2.24) is 5.32 Å². The van der Waals surface area contributed by atoms with Gasteiger partial charge in [-0.15, -0.1) is 0 Å². The molecule has 5 heteroatoms. The van der Waals surface area contributed by atoms with Crippen molar-refractivity contribution in [3.05, 3.63) is 34.9 Å². The topological polar surface area (TPSA) is 93.5 Å². The molecule has 1 aliphatic rings. The molecule has 0 aromatic heterocycles. The van der Waals surface area contributed by atoms with Crippen LogP contribution >= 0.6 is 0 Å². The second-order valence-corrected chi connectivity index (χ2v) is 3.74. The van der Waals surface area contributed by atoms with Gasteiger partial charge in [0.2, 0.25) is 0 Å². The van der Waals surface area contributed by atoms with Gasteiger partial charge in [-0.25, -0.2) is 4.99 Å². The van der Waals surface area contributed by atoms with Crippen LogP contribution in [-0.4, -0.2) is 18.4 Å². The molecule has 84 valence electrons. The van der Waals surface area contributed by atoms with Crippen LogP contribution in [0.5, 0.6) is 0 Å². The first-order chi connectivity index (χ1) is 7.66. The van der Waals surface area contributed by atoms with Crippen LogP contribution in [0.25, 0.3) is 0 Å². The van der Waals surface area contributed by atoms with Crippen LogP contribution in [0.2, 0.25) is 0 Å². The van der Waals surface area contributed by atoms with Crippen LogP contribution in [0.15, 0.2) is 23.2 Å². The maximum atomic E-state index is 11.6. The first-order valence-corrected chi connectivity index (χ1v) is 5.12. The molecule has 0 spiro atoms. The number of rotatable bonds is 2. The smallest absolute Gasteiger partial charge is 0.251 e. The number of hydrogen-bond donors (Lipinski definition) is 3. The molecule has 1 heterocycles. The number of carbonyl (C=O) groups excluding carboxylic acids is 1. The Morgan fingerprint density at radius 1 is 1.44 bits per heavy atom. The van der Waals surface area contributed by atoms with Gasteiger partial charge < -0.3 is 16.8 Å². The van der Waals surface area contributed by atoms with E-state index in [-0.39, 0.29) is 11.9 Å². The summed E-state index contributed by atoms with van der Waals surface area (Å²) in [6.07, 6.45) is 0.879. The Balaban J connectivity index is 2.27. The van der Waals surface area contributed by atoms with Gasteiger partial charge in [0.25, 0.3) is 5.91 Å². The average molecular weight is 218 g/mol. The Bertz CT molecular complexity index is 449. The molecule has 0 radical (unpaired) electrons. The number of hydrogen-bond acceptors (Lipinski definition) is 2. The number of nitrogens with two attached hydrogens (primary N) is 2. The maximum absolute atomic E-state index is 11.6. The van der Waals surface area contributed by atoms with Crippen molar-refractivity contribution in [3.63, 3.8) is 0 Å². The molecule has 16 heavy (non-hydrogen) atoms. The zero-order chi connectivity index (χ0) is 11.5. The standard InChI is InChI=1S/C11H14N4O/c12-11(13)15-6-7-1-2-8-3-4-14-10(16)9(8)5-7/h1-2,5H,3-4,6H2,(H,14,16)(H4,12,13,15). The van der Waals surface area contributed by atoms with Crippen molar-refractivity contribution >= 4 is 11.9 Å². The second-order valence-electron chi connectivity index (χ2n) is 3.74. The summed E-state index contributed by atoms with van der Waals surface area (Å²) in [5.41, 5.74) is 13.3. The third kappa shape index (κ3) is 2.13. The van der Waals surface area contributed by atoms with Gasteiger partial charge in [-0.2, -0.15) is 0 Å². The van der Waals surface area contributed by atoms with Crippen molar-refractivity contribution in [3.8, 4) is 0 Å². The van der Waals surface area contributed by atoms with Gasteiger partial charge >= 0.3 is 0 Å². The molecule has 2 rings (SSSR count). The highest BCUT2D eigenvalue weighted by Gasteiger charge is 2.16. The van der Waals surface area contributed by atoms with Crippen LogP contribution in [0.4, 0.5) is 0 Å². The molecule has 0 bridgehead atoms. The highest BCUT2D eigenvalue weighted by atomic mass is 16.1. The second kappa shape index (κ2) is 4.22. The molecule has 0 saturated heterocycles. The fraction of sp³-hybridized carbons (Fsp3) is 0.273. The van der Waals surface area contributed by atoms with E-state index < -0.39 is 0 Å². The summed E-state index contributed by atoms with van der Waals surface area (Å²) in [5, 5.41) is 2.81. The van der Waals surface area contributed by atoms with Gasteiger partial charge in [0.05, 0.1) is 6.54 Å². The van der Waals surface area contributed by atoms with Crippen molar-refractivity contribution in [2.24, 2.45) is 16.5 Å². The van der Waals surface area contributed by atoms with Crippen LogP contribution < -0.4 is 16.8 Å². The number of fused-ring (bicyclic) bond motifs is 1. The van der Waals surface area contributed by atoms with Crippen LogP contribution in [0.3, 0.4) is 0 Å². The Kier molecular flexibility index (Phi) is 2.76. The molecule has 1 aliphatic heterocycles. The van der Waals surface area contributed by atoms with E-state index in [4.69, 9.17) is 11.5 Å². The molecule has 0 atom stereocenters. The Morgan fingerprint density at radius 3 is 3.00 bits per heavy atom. The number of benzene rings is 1. The lowest BCUT2D eigenvalue weighted by Crippen LogP contribution is -2.31. The highest BCUT2D eigenvalue weighted by Crippen LogP contribution is 2.16.